The lowest BCUT2D eigenvalue weighted by molar-refractivity contribution is 0.00964. The van der Waals surface area contributed by atoms with Crippen LogP contribution < -0.4 is 11.1 Å². The number of ether oxygens (including phenoxy) is 2. The molecule has 0 radical (unpaired) electrons. The van der Waals surface area contributed by atoms with E-state index in [1.807, 2.05) is 88.1 Å². The summed E-state index contributed by atoms with van der Waals surface area (Å²) < 4.78 is 13.8. The van der Waals surface area contributed by atoms with Crippen LogP contribution in [-0.4, -0.2) is 76.7 Å². The first-order valence-electron chi connectivity index (χ1n) is 21.1. The average molecular weight is 817 g/mol. The normalized spacial score (nSPS) is 24.5. The second-order valence-corrected chi connectivity index (χ2v) is 20.5. The van der Waals surface area contributed by atoms with Crippen LogP contribution in [-0.2, 0) is 16.0 Å². The van der Waals surface area contributed by atoms with E-state index in [0.717, 1.165) is 55.3 Å². The molecule has 2 aliphatic heterocycles. The molecule has 310 valence electrons. The molecule has 2 saturated carbocycles. The Morgan fingerprint density at radius 1 is 0.737 bits per heavy atom. The first-order valence-corrected chi connectivity index (χ1v) is 22.7. The van der Waals surface area contributed by atoms with Gasteiger partial charge in [0.05, 0.1) is 4.88 Å². The predicted octanol–water partition coefficient (Wildman–Crippen LogP) is 10.8. The molecular weight excluding hydrogens is 753 g/mol. The van der Waals surface area contributed by atoms with Crippen molar-refractivity contribution in [1.82, 2.24) is 15.1 Å². The highest BCUT2D eigenvalue weighted by Gasteiger charge is 2.46. The second kappa shape index (κ2) is 19.0. The number of benzene rings is 2. The fourth-order valence-electron chi connectivity index (χ4n) is 9.26. The first-order chi connectivity index (χ1) is 27.2. The highest BCUT2D eigenvalue weighted by atomic mass is 32.1. The summed E-state index contributed by atoms with van der Waals surface area (Å²) in [5.41, 5.74) is 4.96. The number of thiophene rings is 2. The van der Waals surface area contributed by atoms with Crippen molar-refractivity contribution >= 4 is 61.3 Å². The molecule has 11 heteroatoms. The molecule has 57 heavy (non-hydrogen) atoms. The quantitative estimate of drug-likeness (QED) is 0.186. The van der Waals surface area contributed by atoms with Gasteiger partial charge in [-0.3, -0.25) is 4.79 Å². The van der Waals surface area contributed by atoms with E-state index in [-0.39, 0.29) is 24.3 Å². The van der Waals surface area contributed by atoms with Crippen molar-refractivity contribution in [3.05, 3.63) is 70.4 Å². The highest BCUT2D eigenvalue weighted by molar-refractivity contribution is 7.20. The number of fused-ring (bicyclic) bond motifs is 4. The van der Waals surface area contributed by atoms with Crippen LogP contribution in [0.15, 0.2) is 60.7 Å². The van der Waals surface area contributed by atoms with E-state index in [1.165, 1.54) is 69.5 Å². The summed E-state index contributed by atoms with van der Waals surface area (Å²) in [6.45, 7) is 13.8. The lowest BCUT2D eigenvalue weighted by Gasteiger charge is -2.35. The summed E-state index contributed by atoms with van der Waals surface area (Å²) in [5.74, 6) is 1.28. The minimum atomic E-state index is -0.446. The molecule has 6 atom stereocenters. The molecule has 0 bridgehead atoms. The highest BCUT2D eigenvalue weighted by Crippen LogP contribution is 2.41. The molecule has 2 aromatic carbocycles. The van der Waals surface area contributed by atoms with Crippen LogP contribution in [0.2, 0.25) is 0 Å². The third-order valence-corrected chi connectivity index (χ3v) is 13.7. The Morgan fingerprint density at radius 3 is 1.74 bits per heavy atom. The van der Waals surface area contributed by atoms with Crippen molar-refractivity contribution in [2.45, 2.75) is 148 Å². The van der Waals surface area contributed by atoms with Crippen molar-refractivity contribution in [3.8, 4) is 0 Å². The summed E-state index contributed by atoms with van der Waals surface area (Å²) in [4.78, 5) is 41.8. The van der Waals surface area contributed by atoms with E-state index in [4.69, 9.17) is 15.2 Å². The molecule has 0 spiro atoms. The first kappa shape index (κ1) is 43.1. The SMILES string of the molecule is CC(C)(C)OC(=O)N1[C@H](CN)C[C@@H]2CCCC[C@@H]21.CC(C)(C)OC(=O)N1[C@H](CNCc2cc3ccccc3s2)C[C@@H]2CCCC[C@@H]21.O=Cc1cc2ccccc2s1. The topological polar surface area (TPSA) is 114 Å². The number of nitrogens with two attached hydrogens (primary N) is 1. The number of hydrogen-bond acceptors (Lipinski definition) is 9. The lowest BCUT2D eigenvalue weighted by Crippen LogP contribution is -2.48. The average Bonchev–Trinajstić information content (AvgIpc) is 3.95. The summed E-state index contributed by atoms with van der Waals surface area (Å²) in [6.07, 6.45) is 12.5. The van der Waals surface area contributed by atoms with Gasteiger partial charge in [-0.25, -0.2) is 9.59 Å². The van der Waals surface area contributed by atoms with Crippen molar-refractivity contribution in [1.29, 1.82) is 0 Å². The Morgan fingerprint density at radius 2 is 1.23 bits per heavy atom. The molecule has 2 saturated heterocycles. The van der Waals surface area contributed by atoms with Crippen LogP contribution in [0.25, 0.3) is 20.2 Å². The van der Waals surface area contributed by atoms with Gasteiger partial charge in [0.1, 0.15) is 11.2 Å². The smallest absolute Gasteiger partial charge is 0.410 e. The number of carbonyl (C=O) groups is 3. The van der Waals surface area contributed by atoms with Gasteiger partial charge in [-0.2, -0.15) is 0 Å². The number of aldehydes is 1. The van der Waals surface area contributed by atoms with Crippen molar-refractivity contribution in [3.63, 3.8) is 0 Å². The van der Waals surface area contributed by atoms with Gasteiger partial charge in [-0.1, -0.05) is 62.1 Å². The summed E-state index contributed by atoms with van der Waals surface area (Å²) in [5, 5.41) is 6.09. The predicted molar refractivity (Wildman–Crippen MR) is 234 cm³/mol. The minimum Gasteiger partial charge on any atom is -0.444 e. The molecule has 9 nitrogen and oxygen atoms in total. The van der Waals surface area contributed by atoms with E-state index >= 15 is 0 Å². The van der Waals surface area contributed by atoms with Gasteiger partial charge >= 0.3 is 12.2 Å². The number of nitrogens with one attached hydrogen (secondary N) is 1. The van der Waals surface area contributed by atoms with Gasteiger partial charge in [0, 0.05) is 58.1 Å². The molecule has 4 fully saturated rings. The second-order valence-electron chi connectivity index (χ2n) is 18.2. The summed E-state index contributed by atoms with van der Waals surface area (Å²) in [6, 6.07) is 21.8. The Balaban J connectivity index is 0.000000161. The maximum absolute atomic E-state index is 13.0. The van der Waals surface area contributed by atoms with Gasteiger partial charge < -0.3 is 30.3 Å². The number of rotatable bonds is 6. The fourth-order valence-corrected chi connectivity index (χ4v) is 11.2. The maximum Gasteiger partial charge on any atom is 0.410 e. The van der Waals surface area contributed by atoms with E-state index in [9.17, 15) is 14.4 Å². The summed E-state index contributed by atoms with van der Waals surface area (Å²) >= 11 is 3.38. The number of nitrogens with zero attached hydrogens (tertiary/aromatic N) is 2. The Bertz CT molecular complexity index is 1880. The van der Waals surface area contributed by atoms with Crippen molar-refractivity contribution < 1.29 is 23.9 Å². The fraction of sp³-hybridized carbons (Fsp3) is 0.587. The zero-order chi connectivity index (χ0) is 40.7. The molecule has 4 aromatic rings. The van der Waals surface area contributed by atoms with Crippen molar-refractivity contribution in [2.75, 3.05) is 13.1 Å². The Hall–Kier alpha value is -3.51. The summed E-state index contributed by atoms with van der Waals surface area (Å²) in [7, 11) is 0. The monoisotopic (exact) mass is 816 g/mol. The van der Waals surface area contributed by atoms with Crippen molar-refractivity contribution in [2.24, 2.45) is 17.6 Å². The molecule has 3 N–H and O–H groups in total. The van der Waals surface area contributed by atoms with Gasteiger partial charge in [0.15, 0.2) is 6.29 Å². The standard InChI is InChI=1S/C23H32N2O2S.C14H26N2O2.C9H6OS/c1-23(2,3)27-22(26)25-18(12-16-8-4-6-10-20(16)25)14-24-15-19-13-17-9-5-7-11-21(17)28-19;1-14(2,3)18-13(17)16-11(9-15)8-10-6-4-5-7-12(10)16;10-6-8-5-7-3-1-2-4-9(7)11-8/h5,7,9,11,13,16,18,20,24H,4,6,8,10,12,14-15H2,1-3H3;10-12H,4-9,15H2,1-3H3;1-6H/t16-,18-,20-;10-,11-,12-;/m00./s1. The Labute approximate surface area is 347 Å². The molecule has 0 unspecified atom stereocenters. The lowest BCUT2D eigenvalue weighted by atomic mass is 9.85. The van der Waals surface area contributed by atoms with E-state index in [0.29, 0.717) is 30.5 Å². The number of likely N-dealkylation sites (tertiary alicyclic amines) is 2. The molecule has 4 aliphatic rings. The molecular formula is C46H64N4O5S2. The van der Waals surface area contributed by atoms with Crippen LogP contribution in [0.1, 0.15) is 120 Å². The number of amides is 2. The third kappa shape index (κ3) is 11.4. The van der Waals surface area contributed by atoms with Crippen LogP contribution in [0.3, 0.4) is 0 Å². The number of hydrogen-bond donors (Lipinski definition) is 2. The molecule has 8 rings (SSSR count). The van der Waals surface area contributed by atoms with Gasteiger partial charge in [0.2, 0.25) is 0 Å². The molecule has 4 heterocycles. The van der Waals surface area contributed by atoms with Crippen LogP contribution in [0.4, 0.5) is 9.59 Å². The van der Waals surface area contributed by atoms with Gasteiger partial charge in [-0.15, -0.1) is 22.7 Å². The largest absolute Gasteiger partial charge is 0.444 e. The zero-order valence-electron chi connectivity index (χ0n) is 34.8. The van der Waals surface area contributed by atoms with Gasteiger partial charge in [0.25, 0.3) is 0 Å². The van der Waals surface area contributed by atoms with E-state index < -0.39 is 11.2 Å². The Kier molecular flexibility index (Phi) is 14.4. The van der Waals surface area contributed by atoms with Gasteiger partial charge in [-0.05, 0) is 127 Å². The van der Waals surface area contributed by atoms with Crippen LogP contribution in [0, 0.1) is 11.8 Å². The van der Waals surface area contributed by atoms with E-state index in [1.54, 1.807) is 0 Å². The zero-order valence-corrected chi connectivity index (χ0v) is 36.5. The van der Waals surface area contributed by atoms with Crippen LogP contribution in [0.5, 0.6) is 0 Å². The maximum atomic E-state index is 13.0. The van der Waals surface area contributed by atoms with Crippen LogP contribution >= 0.6 is 22.7 Å². The number of carbonyl (C=O) groups excluding carboxylic acids is 3. The minimum absolute atomic E-state index is 0.129. The molecule has 2 aromatic heterocycles. The van der Waals surface area contributed by atoms with E-state index in [2.05, 4.69) is 40.5 Å². The third-order valence-electron chi connectivity index (χ3n) is 11.6. The molecule has 2 aliphatic carbocycles. The molecule has 2 amide bonds.